The molecule has 152 valence electrons. The molecule has 0 radical (unpaired) electrons. The summed E-state index contributed by atoms with van der Waals surface area (Å²) in [5, 5.41) is 3.60. The fourth-order valence-electron chi connectivity index (χ4n) is 2.72. The number of rotatable bonds is 4. The Hall–Kier alpha value is -3.78. The fraction of sp³-hybridized carbons (Fsp3) is 0.0909. The van der Waals surface area contributed by atoms with Crippen LogP contribution in [0.4, 0.5) is 5.82 Å². The predicted octanol–water partition coefficient (Wildman–Crippen LogP) is 4.82. The number of furan rings is 1. The number of nitrogens with zero attached hydrogens (tertiary/aromatic N) is 1. The molecule has 2 aromatic heterocycles. The maximum Gasteiger partial charge on any atom is 0.335 e. The Balaban J connectivity index is 0.000000806. The van der Waals surface area contributed by atoms with Crippen molar-refractivity contribution in [3.05, 3.63) is 83.7 Å². The molecule has 0 atom stereocenters. The van der Waals surface area contributed by atoms with Crippen LogP contribution >= 0.6 is 0 Å². The van der Waals surface area contributed by atoms with E-state index in [2.05, 4.69) is 10.3 Å². The number of carbonyl (C=O) groups excluding carboxylic acids is 1. The van der Waals surface area contributed by atoms with Gasteiger partial charge in [-0.3, -0.25) is 4.79 Å². The van der Waals surface area contributed by atoms with Crippen LogP contribution < -0.4 is 10.1 Å². The molecule has 0 aliphatic heterocycles. The number of carbonyl (C=O) groups is 1. The molecule has 30 heavy (non-hydrogen) atoms. The van der Waals surface area contributed by atoms with E-state index in [1.54, 1.807) is 36.7 Å². The van der Waals surface area contributed by atoms with Gasteiger partial charge in [0.05, 0.1) is 6.26 Å². The standard InChI is InChI=1S/C22H18N2O3.O2S/c1-14-3-6-18(7-4-14)27-19-12-17(11-16-9-10-26-21(16)19)22(25)24-20-8-5-15(2)13-23-20;1-3-2/h3-13H,1-2H3,(H,23,24,25);. The summed E-state index contributed by atoms with van der Waals surface area (Å²) in [7, 11) is 0. The third-order valence-corrected chi connectivity index (χ3v) is 4.18. The van der Waals surface area contributed by atoms with Gasteiger partial charge in [-0.1, -0.05) is 23.8 Å². The van der Waals surface area contributed by atoms with Crippen molar-refractivity contribution in [2.75, 3.05) is 5.32 Å². The number of hydrogen-bond acceptors (Lipinski definition) is 6. The van der Waals surface area contributed by atoms with E-state index in [0.29, 0.717) is 28.5 Å². The average Bonchev–Trinajstić information content (AvgIpc) is 3.21. The fourth-order valence-corrected chi connectivity index (χ4v) is 2.72. The Labute approximate surface area is 176 Å². The summed E-state index contributed by atoms with van der Waals surface area (Å²) in [5.74, 6) is 1.40. The first kappa shape index (κ1) is 20.9. The normalized spacial score (nSPS) is 10.1. The molecule has 2 heterocycles. The van der Waals surface area contributed by atoms with Gasteiger partial charge < -0.3 is 14.5 Å². The van der Waals surface area contributed by atoms with Crippen molar-refractivity contribution in [1.82, 2.24) is 4.98 Å². The minimum absolute atomic E-state index is 0.261. The number of benzene rings is 2. The molecular formula is C22H18N2O5S. The zero-order chi connectivity index (χ0) is 21.5. The third-order valence-electron chi connectivity index (χ3n) is 4.18. The van der Waals surface area contributed by atoms with E-state index < -0.39 is 11.6 Å². The molecule has 1 amide bonds. The Morgan fingerprint density at radius 3 is 2.37 bits per heavy atom. The van der Waals surface area contributed by atoms with Crippen molar-refractivity contribution in [2.24, 2.45) is 0 Å². The van der Waals surface area contributed by atoms with E-state index in [0.717, 1.165) is 16.5 Å². The minimum atomic E-state index is -0.750. The van der Waals surface area contributed by atoms with E-state index in [1.807, 2.05) is 44.2 Å². The van der Waals surface area contributed by atoms with Gasteiger partial charge in [-0.05, 0) is 55.8 Å². The second-order valence-corrected chi connectivity index (χ2v) is 6.61. The Morgan fingerprint density at radius 1 is 1.00 bits per heavy atom. The van der Waals surface area contributed by atoms with Crippen LogP contribution in [0.1, 0.15) is 21.5 Å². The lowest BCUT2D eigenvalue weighted by Crippen LogP contribution is -2.13. The molecule has 4 rings (SSSR count). The van der Waals surface area contributed by atoms with Gasteiger partial charge in [0.15, 0.2) is 11.3 Å². The number of aryl methyl sites for hydroxylation is 2. The first-order valence-corrected chi connectivity index (χ1v) is 9.58. The zero-order valence-corrected chi connectivity index (χ0v) is 17.1. The second-order valence-electron chi connectivity index (χ2n) is 6.47. The number of nitrogens with one attached hydrogen (secondary N) is 1. The number of amides is 1. The first-order valence-electron chi connectivity index (χ1n) is 8.91. The van der Waals surface area contributed by atoms with Gasteiger partial charge in [0, 0.05) is 17.1 Å². The third kappa shape index (κ3) is 5.18. The SMILES string of the molecule is Cc1ccc(Oc2cc(C(=O)Nc3ccc(C)cn3)cc3ccoc23)cc1.O=S=O. The number of hydrogen-bond donors (Lipinski definition) is 1. The van der Waals surface area contributed by atoms with Gasteiger partial charge in [0.1, 0.15) is 11.6 Å². The molecule has 0 unspecified atom stereocenters. The Morgan fingerprint density at radius 2 is 1.70 bits per heavy atom. The highest BCUT2D eigenvalue weighted by atomic mass is 32.1. The molecule has 2 aromatic carbocycles. The number of aromatic nitrogens is 1. The Bertz CT molecular complexity index is 1190. The van der Waals surface area contributed by atoms with Gasteiger partial charge in [0.2, 0.25) is 0 Å². The van der Waals surface area contributed by atoms with Crippen LogP contribution in [0.2, 0.25) is 0 Å². The molecule has 8 heteroatoms. The van der Waals surface area contributed by atoms with Gasteiger partial charge in [-0.25, -0.2) is 4.98 Å². The summed E-state index contributed by atoms with van der Waals surface area (Å²) in [6, 6.07) is 16.6. The average molecular weight is 422 g/mol. The Kier molecular flexibility index (Phi) is 6.71. The molecule has 0 spiro atoms. The van der Waals surface area contributed by atoms with Crippen LogP contribution in [0.25, 0.3) is 11.0 Å². The van der Waals surface area contributed by atoms with Crippen LogP contribution in [-0.2, 0) is 11.6 Å². The summed E-state index contributed by atoms with van der Waals surface area (Å²) >= 11 is -0.750. The molecule has 7 nitrogen and oxygen atoms in total. The van der Waals surface area contributed by atoms with Crippen molar-refractivity contribution in [1.29, 1.82) is 0 Å². The highest BCUT2D eigenvalue weighted by Gasteiger charge is 2.15. The first-order chi connectivity index (χ1) is 14.5. The number of ether oxygens (including phenoxy) is 1. The van der Waals surface area contributed by atoms with Crippen LogP contribution in [0, 0.1) is 13.8 Å². The number of pyridine rings is 1. The minimum Gasteiger partial charge on any atom is -0.460 e. The zero-order valence-electron chi connectivity index (χ0n) is 16.2. The highest BCUT2D eigenvalue weighted by molar-refractivity contribution is 7.51. The summed E-state index contributed by atoms with van der Waals surface area (Å²) in [6.45, 7) is 3.96. The predicted molar refractivity (Wildman–Crippen MR) is 113 cm³/mol. The molecule has 0 bridgehead atoms. The lowest BCUT2D eigenvalue weighted by Gasteiger charge is -2.10. The maximum atomic E-state index is 12.7. The lowest BCUT2D eigenvalue weighted by atomic mass is 10.1. The van der Waals surface area contributed by atoms with Gasteiger partial charge >= 0.3 is 11.6 Å². The molecular weight excluding hydrogens is 404 g/mol. The van der Waals surface area contributed by atoms with E-state index in [-0.39, 0.29) is 5.91 Å². The smallest absolute Gasteiger partial charge is 0.335 e. The summed E-state index contributed by atoms with van der Waals surface area (Å²) in [4.78, 5) is 16.9. The lowest BCUT2D eigenvalue weighted by molar-refractivity contribution is 0.102. The van der Waals surface area contributed by atoms with Crippen LogP contribution in [-0.4, -0.2) is 19.3 Å². The molecule has 1 N–H and O–H groups in total. The monoisotopic (exact) mass is 422 g/mol. The summed E-state index contributed by atoms with van der Waals surface area (Å²) < 4.78 is 28.1. The van der Waals surface area contributed by atoms with Gasteiger partial charge in [0.25, 0.3) is 5.91 Å². The molecule has 0 fully saturated rings. The van der Waals surface area contributed by atoms with E-state index >= 15 is 0 Å². The van der Waals surface area contributed by atoms with Crippen molar-refractivity contribution in [3.8, 4) is 11.5 Å². The van der Waals surface area contributed by atoms with E-state index in [1.165, 1.54) is 0 Å². The highest BCUT2D eigenvalue weighted by Crippen LogP contribution is 2.32. The van der Waals surface area contributed by atoms with Crippen molar-refractivity contribution in [3.63, 3.8) is 0 Å². The number of anilines is 1. The number of fused-ring (bicyclic) bond motifs is 1. The van der Waals surface area contributed by atoms with Crippen LogP contribution in [0.5, 0.6) is 11.5 Å². The molecule has 0 saturated carbocycles. The molecule has 0 aliphatic carbocycles. The molecule has 4 aromatic rings. The van der Waals surface area contributed by atoms with Crippen LogP contribution in [0.15, 0.2) is 71.5 Å². The topological polar surface area (TPSA) is 98.5 Å². The van der Waals surface area contributed by atoms with Gasteiger partial charge in [-0.2, -0.15) is 8.42 Å². The van der Waals surface area contributed by atoms with E-state index in [9.17, 15) is 4.79 Å². The van der Waals surface area contributed by atoms with Crippen molar-refractivity contribution >= 4 is 34.3 Å². The van der Waals surface area contributed by atoms with Gasteiger partial charge in [-0.15, -0.1) is 0 Å². The quantitative estimate of drug-likeness (QED) is 0.506. The summed E-state index contributed by atoms with van der Waals surface area (Å²) in [6.07, 6.45) is 3.29. The summed E-state index contributed by atoms with van der Waals surface area (Å²) in [5.41, 5.74) is 3.24. The van der Waals surface area contributed by atoms with E-state index in [4.69, 9.17) is 17.6 Å². The van der Waals surface area contributed by atoms with Crippen LogP contribution in [0.3, 0.4) is 0 Å². The van der Waals surface area contributed by atoms with Crippen molar-refractivity contribution in [2.45, 2.75) is 13.8 Å². The molecule has 0 saturated heterocycles. The van der Waals surface area contributed by atoms with Crippen molar-refractivity contribution < 1.29 is 22.4 Å². The maximum absolute atomic E-state index is 12.7. The largest absolute Gasteiger partial charge is 0.460 e. The molecule has 0 aliphatic rings. The second kappa shape index (κ2) is 9.62.